The van der Waals surface area contributed by atoms with Gasteiger partial charge in [-0.1, -0.05) is 49.8 Å². The average Bonchev–Trinajstić information content (AvgIpc) is 2.71. The van der Waals surface area contributed by atoms with E-state index >= 15 is 0 Å². The topological polar surface area (TPSA) is 0 Å². The van der Waals surface area contributed by atoms with Gasteiger partial charge < -0.3 is 0 Å². The Bertz CT molecular complexity index is 293. The molecule has 1 saturated carbocycles. The lowest BCUT2D eigenvalue weighted by Gasteiger charge is -2.09. The molecule has 1 aromatic carbocycles. The van der Waals surface area contributed by atoms with E-state index in [1.54, 1.807) is 0 Å². The van der Waals surface area contributed by atoms with Crippen LogP contribution in [0.1, 0.15) is 42.7 Å². The Labute approximate surface area is 80.3 Å². The molecule has 2 rings (SSSR count). The monoisotopic (exact) mass is 172 g/mol. The van der Waals surface area contributed by atoms with Gasteiger partial charge in [-0.05, 0) is 29.9 Å². The third kappa shape index (κ3) is 1.82. The maximum absolute atomic E-state index is 3.80. The fourth-order valence-electron chi connectivity index (χ4n) is 2.20. The Kier molecular flexibility index (Phi) is 2.49. The summed E-state index contributed by atoms with van der Waals surface area (Å²) in [7, 11) is 0. The minimum Gasteiger partial charge on any atom is -0.0985 e. The molecule has 1 aromatic rings. The summed E-state index contributed by atoms with van der Waals surface area (Å²) in [6.07, 6.45) is 7.49. The van der Waals surface area contributed by atoms with Gasteiger partial charge in [0.05, 0.1) is 0 Å². The quantitative estimate of drug-likeness (QED) is 0.632. The van der Waals surface area contributed by atoms with E-state index in [1.807, 2.05) is 6.08 Å². The first-order chi connectivity index (χ1) is 6.40. The summed E-state index contributed by atoms with van der Waals surface area (Å²) in [5.74, 6) is 0.819. The Hall–Kier alpha value is -1.04. The van der Waals surface area contributed by atoms with Crippen molar-refractivity contribution in [2.24, 2.45) is 0 Å². The number of rotatable bonds is 2. The van der Waals surface area contributed by atoms with E-state index < -0.39 is 0 Å². The summed E-state index contributed by atoms with van der Waals surface area (Å²) in [6.45, 7) is 3.80. The zero-order chi connectivity index (χ0) is 9.10. The summed E-state index contributed by atoms with van der Waals surface area (Å²) in [4.78, 5) is 0. The lowest BCUT2D eigenvalue weighted by Crippen LogP contribution is -1.91. The van der Waals surface area contributed by atoms with Gasteiger partial charge in [-0.25, -0.2) is 0 Å². The largest absolute Gasteiger partial charge is 0.0985 e. The van der Waals surface area contributed by atoms with Gasteiger partial charge in [0, 0.05) is 0 Å². The van der Waals surface area contributed by atoms with Crippen LogP contribution in [0, 0.1) is 0 Å². The van der Waals surface area contributed by atoms with Gasteiger partial charge in [0.25, 0.3) is 0 Å². The van der Waals surface area contributed by atoms with Crippen LogP contribution >= 0.6 is 0 Å². The van der Waals surface area contributed by atoms with Crippen LogP contribution in [0.4, 0.5) is 0 Å². The third-order valence-electron chi connectivity index (χ3n) is 2.97. The van der Waals surface area contributed by atoms with E-state index in [0.717, 1.165) is 5.92 Å². The maximum Gasteiger partial charge on any atom is -0.0162 e. The Morgan fingerprint density at radius 3 is 2.69 bits per heavy atom. The van der Waals surface area contributed by atoms with E-state index in [9.17, 15) is 0 Å². The number of benzene rings is 1. The van der Waals surface area contributed by atoms with Crippen LogP contribution < -0.4 is 0 Å². The van der Waals surface area contributed by atoms with Crippen molar-refractivity contribution in [3.05, 3.63) is 42.0 Å². The Morgan fingerprint density at radius 1 is 1.23 bits per heavy atom. The minimum atomic E-state index is 0.819. The molecule has 0 N–H and O–H groups in total. The third-order valence-corrected chi connectivity index (χ3v) is 2.97. The van der Waals surface area contributed by atoms with E-state index in [-0.39, 0.29) is 0 Å². The molecule has 0 heterocycles. The molecule has 0 heteroatoms. The van der Waals surface area contributed by atoms with Crippen molar-refractivity contribution in [2.45, 2.75) is 31.6 Å². The standard InChI is InChI=1S/C13H16/c1-2-11-6-5-9-13(10-11)12-7-3-4-8-12/h2,5-6,9-10,12H,1,3-4,7-8H2. The van der Waals surface area contributed by atoms with Crippen LogP contribution in [0.5, 0.6) is 0 Å². The van der Waals surface area contributed by atoms with Gasteiger partial charge in [0.2, 0.25) is 0 Å². The van der Waals surface area contributed by atoms with Crippen LogP contribution in [0.3, 0.4) is 0 Å². The molecule has 0 unspecified atom stereocenters. The SMILES string of the molecule is C=Cc1cccc(C2CCCC2)c1. The van der Waals surface area contributed by atoms with E-state index in [2.05, 4.69) is 30.8 Å². The van der Waals surface area contributed by atoms with Crippen molar-refractivity contribution in [3.8, 4) is 0 Å². The molecular formula is C13H16. The summed E-state index contributed by atoms with van der Waals surface area (Å²) < 4.78 is 0. The maximum atomic E-state index is 3.80. The summed E-state index contributed by atoms with van der Waals surface area (Å²) in [6, 6.07) is 8.79. The van der Waals surface area contributed by atoms with Gasteiger partial charge in [0.15, 0.2) is 0 Å². The highest BCUT2D eigenvalue weighted by molar-refractivity contribution is 5.48. The molecule has 0 atom stereocenters. The highest BCUT2D eigenvalue weighted by Crippen LogP contribution is 2.34. The lowest BCUT2D eigenvalue weighted by molar-refractivity contribution is 0.723. The molecule has 0 spiro atoms. The molecule has 1 fully saturated rings. The van der Waals surface area contributed by atoms with Crippen molar-refractivity contribution < 1.29 is 0 Å². The minimum absolute atomic E-state index is 0.819. The zero-order valence-electron chi connectivity index (χ0n) is 8.00. The predicted molar refractivity (Wildman–Crippen MR) is 57.7 cm³/mol. The predicted octanol–water partition coefficient (Wildman–Crippen LogP) is 3.99. The van der Waals surface area contributed by atoms with Crippen molar-refractivity contribution >= 4 is 6.08 Å². The van der Waals surface area contributed by atoms with E-state index in [0.29, 0.717) is 0 Å². The van der Waals surface area contributed by atoms with Gasteiger partial charge in [-0.3, -0.25) is 0 Å². The molecule has 0 bridgehead atoms. The molecule has 1 aliphatic carbocycles. The lowest BCUT2D eigenvalue weighted by atomic mass is 9.96. The molecule has 1 aliphatic rings. The molecule has 0 radical (unpaired) electrons. The van der Waals surface area contributed by atoms with Crippen LogP contribution in [-0.2, 0) is 0 Å². The molecule has 0 amide bonds. The molecule has 0 nitrogen and oxygen atoms in total. The number of hydrogen-bond acceptors (Lipinski definition) is 0. The molecule has 13 heavy (non-hydrogen) atoms. The first kappa shape index (κ1) is 8.55. The highest BCUT2D eigenvalue weighted by atomic mass is 14.2. The second-order valence-electron chi connectivity index (χ2n) is 3.86. The first-order valence-electron chi connectivity index (χ1n) is 5.12. The van der Waals surface area contributed by atoms with Crippen molar-refractivity contribution in [1.29, 1.82) is 0 Å². The van der Waals surface area contributed by atoms with Gasteiger partial charge in [-0.15, -0.1) is 0 Å². The zero-order valence-corrected chi connectivity index (χ0v) is 8.00. The van der Waals surface area contributed by atoms with Crippen LogP contribution in [-0.4, -0.2) is 0 Å². The summed E-state index contributed by atoms with van der Waals surface area (Å²) >= 11 is 0. The fourth-order valence-corrected chi connectivity index (χ4v) is 2.20. The highest BCUT2D eigenvalue weighted by Gasteiger charge is 2.16. The normalized spacial score (nSPS) is 17.5. The van der Waals surface area contributed by atoms with Crippen LogP contribution in [0.15, 0.2) is 30.8 Å². The van der Waals surface area contributed by atoms with Gasteiger partial charge in [-0.2, -0.15) is 0 Å². The second-order valence-corrected chi connectivity index (χ2v) is 3.86. The molecule has 0 aliphatic heterocycles. The van der Waals surface area contributed by atoms with E-state index in [4.69, 9.17) is 0 Å². The van der Waals surface area contributed by atoms with Crippen LogP contribution in [0.25, 0.3) is 6.08 Å². The average molecular weight is 172 g/mol. The molecule has 0 aromatic heterocycles. The summed E-state index contributed by atoms with van der Waals surface area (Å²) in [5.41, 5.74) is 2.76. The smallest absolute Gasteiger partial charge is 0.0162 e. The van der Waals surface area contributed by atoms with Crippen molar-refractivity contribution in [3.63, 3.8) is 0 Å². The van der Waals surface area contributed by atoms with Crippen molar-refractivity contribution in [2.75, 3.05) is 0 Å². The first-order valence-corrected chi connectivity index (χ1v) is 5.12. The Morgan fingerprint density at radius 2 is 2.00 bits per heavy atom. The molecule has 0 saturated heterocycles. The van der Waals surface area contributed by atoms with Gasteiger partial charge in [0.1, 0.15) is 0 Å². The van der Waals surface area contributed by atoms with Crippen LogP contribution in [0.2, 0.25) is 0 Å². The second kappa shape index (κ2) is 3.78. The Balaban J connectivity index is 2.23. The fraction of sp³-hybridized carbons (Fsp3) is 0.385. The molecular weight excluding hydrogens is 156 g/mol. The number of hydrogen-bond donors (Lipinski definition) is 0. The van der Waals surface area contributed by atoms with Crippen molar-refractivity contribution in [1.82, 2.24) is 0 Å². The summed E-state index contributed by atoms with van der Waals surface area (Å²) in [5, 5.41) is 0. The van der Waals surface area contributed by atoms with Gasteiger partial charge >= 0.3 is 0 Å². The van der Waals surface area contributed by atoms with E-state index in [1.165, 1.54) is 36.8 Å². The molecule has 68 valence electrons.